The first-order valence-corrected chi connectivity index (χ1v) is 13.0. The van der Waals surface area contributed by atoms with Gasteiger partial charge in [-0.05, 0) is 79.0 Å². The summed E-state index contributed by atoms with van der Waals surface area (Å²) in [5.41, 5.74) is 5.21. The van der Waals surface area contributed by atoms with Crippen molar-refractivity contribution >= 4 is 11.5 Å². The zero-order chi connectivity index (χ0) is 25.1. The van der Waals surface area contributed by atoms with Crippen LogP contribution in [0.25, 0.3) is 11.1 Å². The molecule has 2 aromatic rings. The molecule has 0 saturated carbocycles. The van der Waals surface area contributed by atoms with Crippen LogP contribution in [0.2, 0.25) is 0 Å². The fourth-order valence-electron chi connectivity index (χ4n) is 5.84. The quantitative estimate of drug-likeness (QED) is 0.301. The number of hydrogen-bond donors (Lipinski definition) is 1. The number of morpholine rings is 1. The van der Waals surface area contributed by atoms with Crippen molar-refractivity contribution in [2.24, 2.45) is 0 Å². The first kappa shape index (κ1) is 25.4. The van der Waals surface area contributed by atoms with Crippen molar-refractivity contribution < 1.29 is 14.6 Å². The maximum atomic E-state index is 13.4. The van der Waals surface area contributed by atoms with Gasteiger partial charge in [0.1, 0.15) is 5.60 Å². The van der Waals surface area contributed by atoms with Crippen LogP contribution in [0.15, 0.2) is 61.7 Å². The van der Waals surface area contributed by atoms with Crippen molar-refractivity contribution in [3.63, 3.8) is 0 Å². The molecule has 35 heavy (non-hydrogen) atoms. The Morgan fingerprint density at radius 2 is 1.57 bits per heavy atom. The van der Waals surface area contributed by atoms with E-state index in [1.165, 1.54) is 27.9 Å². The van der Waals surface area contributed by atoms with Crippen LogP contribution < -0.4 is 4.90 Å². The number of hydrogen-bond acceptors (Lipinski definition) is 4. The van der Waals surface area contributed by atoms with Gasteiger partial charge >= 0.3 is 0 Å². The third kappa shape index (κ3) is 4.50. The molecule has 4 rings (SSSR count). The number of fused-ring (bicyclic) bond motifs is 3. The molecule has 0 unspecified atom stereocenters. The zero-order valence-electron chi connectivity index (χ0n) is 21.3. The summed E-state index contributed by atoms with van der Waals surface area (Å²) in [4.78, 5) is 15.8. The van der Waals surface area contributed by atoms with Crippen molar-refractivity contribution in [1.29, 1.82) is 0 Å². The summed E-state index contributed by atoms with van der Waals surface area (Å²) in [6, 6.07) is 12.9. The second kappa shape index (κ2) is 10.5. The molecule has 1 heterocycles. The number of anilines is 1. The predicted octanol–water partition coefficient (Wildman–Crippen LogP) is 6.46. The van der Waals surface area contributed by atoms with Crippen molar-refractivity contribution in [3.8, 4) is 11.1 Å². The van der Waals surface area contributed by atoms with Crippen LogP contribution in [0, 0.1) is 0 Å². The molecule has 4 heteroatoms. The molecule has 0 atom stereocenters. The average Bonchev–Trinajstić information content (AvgIpc) is 3.18. The average molecular weight is 474 g/mol. The Labute approximate surface area is 210 Å². The SMILES string of the molecule is C=CCCC1(CCC=C)c2cc(C(=O)C(O)(CC)CC)ccc2-c2ccc(N3CCOCC3)cc21. The van der Waals surface area contributed by atoms with Gasteiger partial charge in [0.15, 0.2) is 5.78 Å². The van der Waals surface area contributed by atoms with Gasteiger partial charge in [-0.15, -0.1) is 13.2 Å². The second-order valence-corrected chi connectivity index (χ2v) is 9.89. The van der Waals surface area contributed by atoms with Crippen LogP contribution in [0.3, 0.4) is 0 Å². The van der Waals surface area contributed by atoms with Crippen molar-refractivity contribution in [3.05, 3.63) is 78.4 Å². The summed E-state index contributed by atoms with van der Waals surface area (Å²) >= 11 is 0. The third-order valence-electron chi connectivity index (χ3n) is 8.13. The van der Waals surface area contributed by atoms with E-state index in [4.69, 9.17) is 4.74 Å². The van der Waals surface area contributed by atoms with Gasteiger partial charge in [0, 0.05) is 29.8 Å². The van der Waals surface area contributed by atoms with Crippen LogP contribution in [-0.2, 0) is 10.2 Å². The van der Waals surface area contributed by atoms with Gasteiger partial charge in [-0.3, -0.25) is 4.79 Å². The number of Topliss-reactive ketones (excluding diaryl/α,β-unsaturated/α-hetero) is 1. The molecule has 2 aromatic carbocycles. The third-order valence-corrected chi connectivity index (χ3v) is 8.13. The highest BCUT2D eigenvalue weighted by molar-refractivity contribution is 6.03. The number of rotatable bonds is 11. The number of carbonyl (C=O) groups excluding carboxylic acids is 1. The van der Waals surface area contributed by atoms with Crippen molar-refractivity contribution in [1.82, 2.24) is 0 Å². The monoisotopic (exact) mass is 473 g/mol. The van der Waals surface area contributed by atoms with Gasteiger partial charge in [0.05, 0.1) is 13.2 Å². The van der Waals surface area contributed by atoms with Crippen LogP contribution in [-0.4, -0.2) is 42.8 Å². The Kier molecular flexibility index (Phi) is 7.63. The molecular weight excluding hydrogens is 434 g/mol. The lowest BCUT2D eigenvalue weighted by Crippen LogP contribution is -2.37. The highest BCUT2D eigenvalue weighted by Crippen LogP contribution is 2.55. The topological polar surface area (TPSA) is 49.8 Å². The molecule has 2 aliphatic rings. The number of aliphatic hydroxyl groups is 1. The molecule has 1 fully saturated rings. The van der Waals surface area contributed by atoms with E-state index in [0.717, 1.165) is 52.0 Å². The maximum Gasteiger partial charge on any atom is 0.194 e. The van der Waals surface area contributed by atoms with Crippen LogP contribution in [0.1, 0.15) is 73.9 Å². The Bertz CT molecular complexity index is 1080. The summed E-state index contributed by atoms with van der Waals surface area (Å²) in [7, 11) is 0. The summed E-state index contributed by atoms with van der Waals surface area (Å²) < 4.78 is 5.58. The smallest absolute Gasteiger partial charge is 0.194 e. The van der Waals surface area contributed by atoms with E-state index in [0.29, 0.717) is 18.4 Å². The molecule has 0 bridgehead atoms. The highest BCUT2D eigenvalue weighted by Gasteiger charge is 2.43. The number of benzene rings is 2. The summed E-state index contributed by atoms with van der Waals surface area (Å²) in [6.45, 7) is 15.0. The lowest BCUT2D eigenvalue weighted by atomic mass is 9.70. The van der Waals surface area contributed by atoms with Gasteiger partial charge in [-0.25, -0.2) is 0 Å². The fraction of sp³-hybridized carbons (Fsp3) is 0.452. The highest BCUT2D eigenvalue weighted by atomic mass is 16.5. The lowest BCUT2D eigenvalue weighted by Gasteiger charge is -2.34. The molecule has 0 spiro atoms. The standard InChI is InChI=1S/C31H39NO3/c1-5-9-15-30(16-10-6-2)27-21-23(29(33)31(34,7-3)8-4)11-13-25(27)26-14-12-24(22-28(26)30)32-17-19-35-20-18-32/h5-6,11-14,21-22,34H,1-2,7-10,15-20H2,3-4H3. The second-order valence-electron chi connectivity index (χ2n) is 9.89. The summed E-state index contributed by atoms with van der Waals surface area (Å²) in [5.74, 6) is -0.184. The van der Waals surface area contributed by atoms with Gasteiger partial charge < -0.3 is 14.7 Å². The van der Waals surface area contributed by atoms with Gasteiger partial charge in [0.25, 0.3) is 0 Å². The van der Waals surface area contributed by atoms with E-state index in [1.807, 2.05) is 32.1 Å². The first-order chi connectivity index (χ1) is 16.9. The molecule has 0 aromatic heterocycles. The van der Waals surface area contributed by atoms with E-state index in [9.17, 15) is 9.90 Å². The molecule has 1 saturated heterocycles. The number of nitrogens with zero attached hydrogens (tertiary/aromatic N) is 1. The molecule has 1 N–H and O–H groups in total. The largest absolute Gasteiger partial charge is 0.382 e. The normalized spacial score (nSPS) is 16.5. The van der Waals surface area contributed by atoms with Crippen LogP contribution in [0.4, 0.5) is 5.69 Å². The molecule has 1 aliphatic heterocycles. The van der Waals surface area contributed by atoms with E-state index in [2.05, 4.69) is 48.4 Å². The molecule has 186 valence electrons. The fourth-order valence-corrected chi connectivity index (χ4v) is 5.84. The summed E-state index contributed by atoms with van der Waals surface area (Å²) in [6.07, 6.45) is 8.37. The molecule has 1 aliphatic carbocycles. The summed E-state index contributed by atoms with van der Waals surface area (Å²) in [5, 5.41) is 11.0. The Morgan fingerprint density at radius 1 is 1.00 bits per heavy atom. The number of ketones is 1. The molecule has 0 amide bonds. The minimum atomic E-state index is -1.33. The predicted molar refractivity (Wildman–Crippen MR) is 144 cm³/mol. The first-order valence-electron chi connectivity index (χ1n) is 13.0. The van der Waals surface area contributed by atoms with E-state index < -0.39 is 5.60 Å². The molecular formula is C31H39NO3. The Morgan fingerprint density at radius 3 is 2.14 bits per heavy atom. The van der Waals surface area contributed by atoms with Crippen LogP contribution in [0.5, 0.6) is 0 Å². The maximum absolute atomic E-state index is 13.4. The Balaban J connectivity index is 1.88. The Hall–Kier alpha value is -2.69. The van der Waals surface area contributed by atoms with Crippen molar-refractivity contribution in [2.45, 2.75) is 63.4 Å². The number of allylic oxidation sites excluding steroid dienone is 2. The number of carbonyl (C=O) groups is 1. The minimum absolute atomic E-state index is 0.184. The van der Waals surface area contributed by atoms with Crippen LogP contribution >= 0.6 is 0 Å². The number of ether oxygens (including phenoxy) is 1. The zero-order valence-corrected chi connectivity index (χ0v) is 21.3. The van der Waals surface area contributed by atoms with Gasteiger partial charge in [-0.1, -0.05) is 44.2 Å². The molecule has 4 nitrogen and oxygen atoms in total. The van der Waals surface area contributed by atoms with Gasteiger partial charge in [0.2, 0.25) is 0 Å². The molecule has 0 radical (unpaired) electrons. The van der Waals surface area contributed by atoms with Gasteiger partial charge in [-0.2, -0.15) is 0 Å². The van der Waals surface area contributed by atoms with E-state index in [1.54, 1.807) is 0 Å². The van der Waals surface area contributed by atoms with E-state index >= 15 is 0 Å². The minimum Gasteiger partial charge on any atom is -0.382 e. The van der Waals surface area contributed by atoms with E-state index in [-0.39, 0.29) is 11.2 Å². The lowest BCUT2D eigenvalue weighted by molar-refractivity contribution is 0.0277. The van der Waals surface area contributed by atoms with Crippen molar-refractivity contribution in [2.75, 3.05) is 31.2 Å².